The fourth-order valence-corrected chi connectivity index (χ4v) is 2.95. The molecule has 2 aromatic rings. The molecule has 8 heteroatoms. The summed E-state index contributed by atoms with van der Waals surface area (Å²) in [5.74, 6) is -0.415. The molecule has 0 unspecified atom stereocenters. The summed E-state index contributed by atoms with van der Waals surface area (Å²) >= 11 is 11.9. The van der Waals surface area contributed by atoms with Gasteiger partial charge < -0.3 is 5.32 Å². The highest BCUT2D eigenvalue weighted by Gasteiger charge is 2.17. The van der Waals surface area contributed by atoms with Crippen molar-refractivity contribution in [2.24, 2.45) is 0 Å². The van der Waals surface area contributed by atoms with Crippen LogP contribution < -0.4 is 9.62 Å². The van der Waals surface area contributed by atoms with Crippen LogP contribution in [0.25, 0.3) is 0 Å². The average molecular weight is 387 g/mol. The van der Waals surface area contributed by atoms with E-state index in [1.54, 1.807) is 37.3 Å². The predicted octanol–water partition coefficient (Wildman–Crippen LogP) is 3.95. The lowest BCUT2D eigenvalue weighted by atomic mass is 10.1. The fraction of sp³-hybridized carbons (Fsp3) is 0.188. The molecule has 128 valence electrons. The Labute approximate surface area is 151 Å². The lowest BCUT2D eigenvalue weighted by Crippen LogP contribution is -2.26. The maximum absolute atomic E-state index is 12.4. The van der Waals surface area contributed by atoms with Crippen molar-refractivity contribution >= 4 is 50.5 Å². The summed E-state index contributed by atoms with van der Waals surface area (Å²) in [5, 5.41) is 3.46. The Balaban J connectivity index is 2.35. The number of benzene rings is 2. The van der Waals surface area contributed by atoms with Gasteiger partial charge in [-0.25, -0.2) is 8.42 Å². The van der Waals surface area contributed by atoms with E-state index >= 15 is 0 Å². The van der Waals surface area contributed by atoms with Gasteiger partial charge in [-0.15, -0.1) is 0 Å². The molecular weight excluding hydrogens is 371 g/mol. The quantitative estimate of drug-likeness (QED) is 0.864. The fourth-order valence-electron chi connectivity index (χ4n) is 2.06. The van der Waals surface area contributed by atoms with Crippen molar-refractivity contribution in [3.63, 3.8) is 0 Å². The summed E-state index contributed by atoms with van der Waals surface area (Å²) in [4.78, 5) is 12.4. The molecule has 0 saturated carbocycles. The minimum absolute atomic E-state index is 0.308. The zero-order valence-electron chi connectivity index (χ0n) is 13.3. The van der Waals surface area contributed by atoms with Gasteiger partial charge in [-0.2, -0.15) is 0 Å². The lowest BCUT2D eigenvalue weighted by molar-refractivity contribution is 0.102. The van der Waals surface area contributed by atoms with E-state index < -0.39 is 15.9 Å². The largest absolute Gasteiger partial charge is 0.321 e. The summed E-state index contributed by atoms with van der Waals surface area (Å²) in [6.45, 7) is 1.77. The van der Waals surface area contributed by atoms with E-state index in [1.807, 2.05) is 0 Å². The third-order valence-electron chi connectivity index (χ3n) is 3.48. The average Bonchev–Trinajstić information content (AvgIpc) is 2.49. The summed E-state index contributed by atoms with van der Waals surface area (Å²) in [6.07, 6.45) is 1.10. The molecule has 0 aliphatic heterocycles. The number of sulfonamides is 1. The Morgan fingerprint density at radius 1 is 1.12 bits per heavy atom. The molecule has 0 heterocycles. The standard InChI is InChI=1S/C16H16Cl2N2O3S/c1-10-4-5-11(8-15(10)20(2)24(3,22)23)16(21)19-14-9-12(17)6-7-13(14)18/h4-9H,1-3H3,(H,19,21). The van der Waals surface area contributed by atoms with Crippen molar-refractivity contribution in [1.82, 2.24) is 0 Å². The topological polar surface area (TPSA) is 66.5 Å². The van der Waals surface area contributed by atoms with Crippen LogP contribution >= 0.6 is 23.2 Å². The molecule has 2 aromatic carbocycles. The third kappa shape index (κ3) is 4.20. The first-order chi connectivity index (χ1) is 11.1. The normalized spacial score (nSPS) is 11.2. The highest BCUT2D eigenvalue weighted by Crippen LogP contribution is 2.27. The second-order valence-corrected chi connectivity index (χ2v) is 8.17. The summed E-state index contributed by atoms with van der Waals surface area (Å²) in [6, 6.07) is 9.56. The highest BCUT2D eigenvalue weighted by molar-refractivity contribution is 7.92. The van der Waals surface area contributed by atoms with Crippen molar-refractivity contribution < 1.29 is 13.2 Å². The van der Waals surface area contributed by atoms with Crippen LogP contribution in [-0.2, 0) is 10.0 Å². The van der Waals surface area contributed by atoms with Gasteiger partial charge in [-0.1, -0.05) is 29.3 Å². The van der Waals surface area contributed by atoms with Crippen LogP contribution in [0, 0.1) is 6.92 Å². The number of halogens is 2. The zero-order chi connectivity index (χ0) is 18.1. The molecule has 0 spiro atoms. The number of carbonyl (C=O) groups is 1. The molecule has 24 heavy (non-hydrogen) atoms. The lowest BCUT2D eigenvalue weighted by Gasteiger charge is -2.20. The minimum atomic E-state index is -3.43. The van der Waals surface area contributed by atoms with E-state index in [0.29, 0.717) is 27.0 Å². The number of anilines is 2. The number of hydrogen-bond acceptors (Lipinski definition) is 3. The van der Waals surface area contributed by atoms with Gasteiger partial charge in [0.2, 0.25) is 10.0 Å². The van der Waals surface area contributed by atoms with Gasteiger partial charge in [-0.05, 0) is 42.8 Å². The summed E-state index contributed by atoms with van der Waals surface area (Å²) in [5.41, 5.74) is 1.86. The van der Waals surface area contributed by atoms with Gasteiger partial charge in [0.1, 0.15) is 0 Å². The second-order valence-electron chi connectivity index (χ2n) is 5.31. The van der Waals surface area contributed by atoms with E-state index in [4.69, 9.17) is 23.2 Å². The van der Waals surface area contributed by atoms with Crippen LogP contribution in [0.1, 0.15) is 15.9 Å². The smallest absolute Gasteiger partial charge is 0.255 e. The van der Waals surface area contributed by atoms with Gasteiger partial charge in [0.25, 0.3) is 5.91 Å². The molecule has 5 nitrogen and oxygen atoms in total. The van der Waals surface area contributed by atoms with Crippen LogP contribution in [-0.4, -0.2) is 27.6 Å². The first-order valence-electron chi connectivity index (χ1n) is 6.90. The zero-order valence-corrected chi connectivity index (χ0v) is 15.6. The molecule has 0 bridgehead atoms. The molecule has 0 atom stereocenters. The number of amides is 1. The van der Waals surface area contributed by atoms with E-state index in [1.165, 1.54) is 13.1 Å². The monoisotopic (exact) mass is 386 g/mol. The Morgan fingerprint density at radius 3 is 2.42 bits per heavy atom. The van der Waals surface area contributed by atoms with Crippen molar-refractivity contribution in [3.05, 3.63) is 57.6 Å². The number of rotatable bonds is 4. The Morgan fingerprint density at radius 2 is 1.79 bits per heavy atom. The van der Waals surface area contributed by atoms with Crippen LogP contribution in [0.2, 0.25) is 10.0 Å². The number of aryl methyl sites for hydroxylation is 1. The van der Waals surface area contributed by atoms with Gasteiger partial charge in [0, 0.05) is 17.6 Å². The Hall–Kier alpha value is -1.76. The summed E-state index contributed by atoms with van der Waals surface area (Å²) in [7, 11) is -1.99. The molecule has 0 fully saturated rings. The number of carbonyl (C=O) groups excluding carboxylic acids is 1. The van der Waals surface area contributed by atoms with Crippen LogP contribution in [0.4, 0.5) is 11.4 Å². The SMILES string of the molecule is Cc1ccc(C(=O)Nc2cc(Cl)ccc2Cl)cc1N(C)S(C)(=O)=O. The first kappa shape index (κ1) is 18.6. The molecule has 0 aliphatic rings. The number of nitrogens with zero attached hydrogens (tertiary/aromatic N) is 1. The predicted molar refractivity (Wildman–Crippen MR) is 98.8 cm³/mol. The van der Waals surface area contributed by atoms with Crippen molar-refractivity contribution in [1.29, 1.82) is 0 Å². The van der Waals surface area contributed by atoms with E-state index in [-0.39, 0.29) is 0 Å². The van der Waals surface area contributed by atoms with E-state index in [0.717, 1.165) is 16.1 Å². The second kappa shape index (κ2) is 7.01. The maximum Gasteiger partial charge on any atom is 0.255 e. The van der Waals surface area contributed by atoms with E-state index in [2.05, 4.69) is 5.32 Å². The van der Waals surface area contributed by atoms with Crippen LogP contribution in [0.3, 0.4) is 0 Å². The van der Waals surface area contributed by atoms with E-state index in [9.17, 15) is 13.2 Å². The minimum Gasteiger partial charge on any atom is -0.321 e. The van der Waals surface area contributed by atoms with Gasteiger partial charge >= 0.3 is 0 Å². The molecule has 0 aliphatic carbocycles. The van der Waals surface area contributed by atoms with Crippen molar-refractivity contribution in [2.75, 3.05) is 22.9 Å². The summed E-state index contributed by atoms with van der Waals surface area (Å²) < 4.78 is 24.6. The van der Waals surface area contributed by atoms with Gasteiger partial charge in [0.05, 0.1) is 22.7 Å². The number of nitrogens with one attached hydrogen (secondary N) is 1. The Bertz CT molecular complexity index is 898. The van der Waals surface area contributed by atoms with Crippen molar-refractivity contribution in [3.8, 4) is 0 Å². The molecule has 0 saturated heterocycles. The molecule has 1 amide bonds. The molecular formula is C16H16Cl2N2O3S. The first-order valence-corrected chi connectivity index (χ1v) is 9.51. The Kier molecular flexibility index (Phi) is 5.42. The molecule has 0 aromatic heterocycles. The van der Waals surface area contributed by atoms with Crippen molar-refractivity contribution in [2.45, 2.75) is 6.92 Å². The molecule has 1 N–H and O–H groups in total. The van der Waals surface area contributed by atoms with Crippen LogP contribution in [0.5, 0.6) is 0 Å². The van der Waals surface area contributed by atoms with Gasteiger partial charge in [-0.3, -0.25) is 9.10 Å². The van der Waals surface area contributed by atoms with Gasteiger partial charge in [0.15, 0.2) is 0 Å². The highest BCUT2D eigenvalue weighted by atomic mass is 35.5. The molecule has 0 radical (unpaired) electrons. The number of hydrogen-bond donors (Lipinski definition) is 1. The third-order valence-corrected chi connectivity index (χ3v) is 5.24. The van der Waals surface area contributed by atoms with Crippen LogP contribution in [0.15, 0.2) is 36.4 Å². The molecule has 2 rings (SSSR count). The maximum atomic E-state index is 12.4.